The number of hydrogen-bond acceptors (Lipinski definition) is 7. The van der Waals surface area contributed by atoms with Crippen LogP contribution in [0, 0.1) is 0 Å². The van der Waals surface area contributed by atoms with E-state index >= 15 is 0 Å². The monoisotopic (exact) mass is 513 g/mol. The smallest absolute Gasteiger partial charge is 0.337 e. The zero-order chi connectivity index (χ0) is 27.2. The van der Waals surface area contributed by atoms with Gasteiger partial charge in [-0.1, -0.05) is 51.1 Å². The number of nitrogens with zero attached hydrogens (tertiary/aromatic N) is 1. The van der Waals surface area contributed by atoms with E-state index in [-0.39, 0.29) is 29.1 Å². The summed E-state index contributed by atoms with van der Waals surface area (Å²) in [5.74, 6) is -1.61. The largest absolute Gasteiger partial charge is 0.507 e. The number of fused-ring (bicyclic) bond motifs is 1. The fourth-order valence-corrected chi connectivity index (χ4v) is 4.68. The lowest BCUT2D eigenvalue weighted by Crippen LogP contribution is -2.29. The van der Waals surface area contributed by atoms with Crippen molar-refractivity contribution in [1.29, 1.82) is 0 Å². The van der Waals surface area contributed by atoms with Crippen LogP contribution in [-0.4, -0.2) is 36.7 Å². The molecule has 38 heavy (non-hydrogen) atoms. The predicted molar refractivity (Wildman–Crippen MR) is 140 cm³/mol. The Bertz CT molecular complexity index is 1480. The first-order chi connectivity index (χ1) is 18.1. The van der Waals surface area contributed by atoms with E-state index in [1.807, 2.05) is 24.3 Å². The van der Waals surface area contributed by atoms with Crippen molar-refractivity contribution >= 4 is 29.1 Å². The highest BCUT2D eigenvalue weighted by atomic mass is 16.7. The molecule has 0 saturated carbocycles. The molecule has 8 nitrogen and oxygen atoms in total. The van der Waals surface area contributed by atoms with Crippen LogP contribution in [0.4, 0.5) is 5.69 Å². The summed E-state index contributed by atoms with van der Waals surface area (Å²) in [4.78, 5) is 40.4. The third-order valence-electron chi connectivity index (χ3n) is 6.73. The van der Waals surface area contributed by atoms with Gasteiger partial charge in [0.2, 0.25) is 6.79 Å². The van der Waals surface area contributed by atoms with E-state index in [1.54, 1.807) is 36.4 Å². The van der Waals surface area contributed by atoms with Crippen LogP contribution in [0.25, 0.3) is 5.76 Å². The normalized spacial score (nSPS) is 18.1. The van der Waals surface area contributed by atoms with Gasteiger partial charge in [-0.3, -0.25) is 14.5 Å². The second-order valence-corrected chi connectivity index (χ2v) is 10.2. The summed E-state index contributed by atoms with van der Waals surface area (Å²) in [6, 6.07) is 17.8. The molecule has 0 bridgehead atoms. The van der Waals surface area contributed by atoms with Crippen LogP contribution >= 0.6 is 0 Å². The third-order valence-corrected chi connectivity index (χ3v) is 6.73. The molecule has 1 unspecified atom stereocenters. The lowest BCUT2D eigenvalue weighted by molar-refractivity contribution is -0.132. The lowest BCUT2D eigenvalue weighted by atomic mass is 9.85. The van der Waals surface area contributed by atoms with Gasteiger partial charge in [0.1, 0.15) is 5.76 Å². The molecule has 1 N–H and O–H groups in total. The maximum absolute atomic E-state index is 13.5. The topological polar surface area (TPSA) is 102 Å². The lowest BCUT2D eigenvalue weighted by Gasteiger charge is -2.27. The third kappa shape index (κ3) is 4.28. The number of hydrogen-bond donors (Lipinski definition) is 1. The molecule has 0 aromatic heterocycles. The van der Waals surface area contributed by atoms with Crippen molar-refractivity contribution in [2.45, 2.75) is 32.2 Å². The highest BCUT2D eigenvalue weighted by molar-refractivity contribution is 6.51. The van der Waals surface area contributed by atoms with Crippen LogP contribution in [0.5, 0.6) is 11.5 Å². The van der Waals surface area contributed by atoms with Crippen LogP contribution in [-0.2, 0) is 19.7 Å². The van der Waals surface area contributed by atoms with Crippen molar-refractivity contribution in [2.24, 2.45) is 0 Å². The van der Waals surface area contributed by atoms with Gasteiger partial charge in [-0.15, -0.1) is 0 Å². The summed E-state index contributed by atoms with van der Waals surface area (Å²) in [6.07, 6.45) is 0. The number of carbonyl (C=O) groups excluding carboxylic acids is 3. The summed E-state index contributed by atoms with van der Waals surface area (Å²) in [5.41, 5.74) is 2.38. The van der Waals surface area contributed by atoms with Gasteiger partial charge in [0.25, 0.3) is 11.7 Å². The van der Waals surface area contributed by atoms with Gasteiger partial charge in [-0.2, -0.15) is 0 Å². The number of ketones is 1. The highest BCUT2D eigenvalue weighted by Crippen LogP contribution is 2.44. The maximum atomic E-state index is 13.5. The fourth-order valence-electron chi connectivity index (χ4n) is 4.68. The summed E-state index contributed by atoms with van der Waals surface area (Å²) in [5, 5.41) is 11.4. The number of esters is 1. The molecule has 2 aliphatic rings. The Hall–Kier alpha value is -4.59. The Morgan fingerprint density at radius 1 is 0.947 bits per heavy atom. The molecule has 2 aliphatic heterocycles. The summed E-state index contributed by atoms with van der Waals surface area (Å²) < 4.78 is 15.6. The maximum Gasteiger partial charge on any atom is 0.337 e. The quantitative estimate of drug-likeness (QED) is 0.223. The molecule has 1 saturated heterocycles. The Morgan fingerprint density at radius 3 is 2.34 bits per heavy atom. The number of anilines is 1. The van der Waals surface area contributed by atoms with Crippen molar-refractivity contribution in [3.63, 3.8) is 0 Å². The highest BCUT2D eigenvalue weighted by Gasteiger charge is 2.47. The number of ether oxygens (including phenoxy) is 3. The van der Waals surface area contributed by atoms with Crippen molar-refractivity contribution < 1.29 is 33.7 Å². The summed E-state index contributed by atoms with van der Waals surface area (Å²) >= 11 is 0. The number of Topliss-reactive ketones (excluding diaryl/α,β-unsaturated/α-hetero) is 1. The summed E-state index contributed by atoms with van der Waals surface area (Å²) in [6.45, 7) is 6.32. The number of benzene rings is 3. The standard InChI is InChI=1S/C30H27NO7/c1-30(2,3)20-11-8-17(9-12-20)25-24(26(32)18-10-13-22-23(15-18)38-16-37-22)27(33)28(34)31(25)21-7-5-6-19(14-21)29(35)36-4/h5-15,25,32H,16H2,1-4H3/b26-24-. The molecule has 1 atom stereocenters. The molecule has 0 radical (unpaired) electrons. The Labute approximate surface area is 220 Å². The molecular weight excluding hydrogens is 486 g/mol. The molecule has 1 amide bonds. The SMILES string of the molecule is COC(=O)c1cccc(N2C(=O)C(=O)/C(=C(\O)c3ccc4c(c3)OCO4)C2c2ccc(C(C)(C)C)cc2)c1. The fraction of sp³-hybridized carbons (Fsp3) is 0.233. The number of aliphatic hydroxyl groups excluding tert-OH is 1. The Morgan fingerprint density at radius 2 is 1.66 bits per heavy atom. The molecule has 1 fully saturated rings. The van der Waals surface area contributed by atoms with E-state index in [2.05, 4.69) is 20.8 Å². The Kier molecular flexibility index (Phi) is 6.18. The minimum absolute atomic E-state index is 0.0562. The second-order valence-electron chi connectivity index (χ2n) is 10.2. The van der Waals surface area contributed by atoms with Crippen LogP contribution in [0.2, 0.25) is 0 Å². The molecule has 5 rings (SSSR count). The van der Waals surface area contributed by atoms with E-state index < -0.39 is 23.7 Å². The average molecular weight is 514 g/mol. The van der Waals surface area contributed by atoms with Gasteiger partial charge in [0, 0.05) is 11.3 Å². The average Bonchev–Trinajstić information content (AvgIpc) is 3.49. The van der Waals surface area contributed by atoms with Crippen molar-refractivity contribution in [3.8, 4) is 11.5 Å². The van der Waals surface area contributed by atoms with Gasteiger partial charge < -0.3 is 19.3 Å². The van der Waals surface area contributed by atoms with Crippen LogP contribution in [0.15, 0.2) is 72.3 Å². The molecule has 0 aliphatic carbocycles. The van der Waals surface area contributed by atoms with E-state index in [9.17, 15) is 19.5 Å². The van der Waals surface area contributed by atoms with Gasteiger partial charge in [-0.25, -0.2) is 4.79 Å². The number of methoxy groups -OCH3 is 1. The van der Waals surface area contributed by atoms with Gasteiger partial charge >= 0.3 is 5.97 Å². The minimum atomic E-state index is -0.942. The first-order valence-corrected chi connectivity index (χ1v) is 12.1. The number of rotatable bonds is 4. The first kappa shape index (κ1) is 25.1. The molecule has 3 aromatic rings. The van der Waals surface area contributed by atoms with E-state index in [0.717, 1.165) is 5.56 Å². The Balaban J connectivity index is 1.69. The number of amides is 1. The second kappa shape index (κ2) is 9.37. The van der Waals surface area contributed by atoms with Gasteiger partial charge in [0.05, 0.1) is 24.3 Å². The zero-order valence-corrected chi connectivity index (χ0v) is 21.5. The zero-order valence-electron chi connectivity index (χ0n) is 21.5. The van der Waals surface area contributed by atoms with E-state index in [0.29, 0.717) is 28.3 Å². The molecule has 194 valence electrons. The molecular formula is C30H27NO7. The number of carbonyl (C=O) groups is 3. The minimum Gasteiger partial charge on any atom is -0.507 e. The van der Waals surface area contributed by atoms with Crippen LogP contribution in [0.3, 0.4) is 0 Å². The van der Waals surface area contributed by atoms with Gasteiger partial charge in [-0.05, 0) is 52.9 Å². The van der Waals surface area contributed by atoms with Crippen molar-refractivity contribution in [1.82, 2.24) is 0 Å². The molecule has 2 heterocycles. The van der Waals surface area contributed by atoms with Crippen LogP contribution in [0.1, 0.15) is 53.9 Å². The van der Waals surface area contributed by atoms with E-state index in [1.165, 1.54) is 18.1 Å². The first-order valence-electron chi connectivity index (χ1n) is 12.1. The molecule has 0 spiro atoms. The molecule has 8 heteroatoms. The molecule has 3 aromatic carbocycles. The predicted octanol–water partition coefficient (Wildman–Crippen LogP) is 5.13. The van der Waals surface area contributed by atoms with E-state index in [4.69, 9.17) is 14.2 Å². The van der Waals surface area contributed by atoms with Gasteiger partial charge in [0.15, 0.2) is 11.5 Å². The van der Waals surface area contributed by atoms with Crippen molar-refractivity contribution in [2.75, 3.05) is 18.8 Å². The number of aliphatic hydroxyl groups is 1. The summed E-state index contributed by atoms with van der Waals surface area (Å²) in [7, 11) is 1.27. The van der Waals surface area contributed by atoms with Crippen molar-refractivity contribution in [3.05, 3.63) is 94.6 Å². The van der Waals surface area contributed by atoms with Crippen LogP contribution < -0.4 is 14.4 Å².